The molecule has 0 aromatic carbocycles. The van der Waals surface area contributed by atoms with Gasteiger partial charge in [-0.1, -0.05) is 47.8 Å². The molecule has 0 aliphatic heterocycles. The molecule has 0 saturated carbocycles. The van der Waals surface area contributed by atoms with Crippen LogP contribution in [0, 0.1) is 5.92 Å². The van der Waals surface area contributed by atoms with Gasteiger partial charge in [-0.25, -0.2) is 4.79 Å². The number of hydrogen-bond acceptors (Lipinski definition) is 5. The monoisotopic (exact) mass is 344 g/mol. The normalized spacial score (nSPS) is 9.33. The Morgan fingerprint density at radius 1 is 1.00 bits per heavy atom. The first kappa shape index (κ1) is 27.4. The van der Waals surface area contributed by atoms with Crippen LogP contribution >= 0.6 is 0 Å². The van der Waals surface area contributed by atoms with Crippen LogP contribution in [0.4, 0.5) is 0 Å². The molecule has 5 nitrogen and oxygen atoms in total. The van der Waals surface area contributed by atoms with E-state index in [0.717, 1.165) is 32.1 Å². The van der Waals surface area contributed by atoms with Gasteiger partial charge in [-0.2, -0.15) is 0 Å². The van der Waals surface area contributed by atoms with Gasteiger partial charge in [-0.3, -0.25) is 4.79 Å². The summed E-state index contributed by atoms with van der Waals surface area (Å²) in [6, 6.07) is 0. The molecule has 0 heterocycles. The van der Waals surface area contributed by atoms with Crippen molar-refractivity contribution in [1.82, 2.24) is 0 Å². The van der Waals surface area contributed by atoms with E-state index >= 15 is 0 Å². The number of unbranched alkanes of at least 4 members (excludes halogenated alkanes) is 1. The van der Waals surface area contributed by atoms with Crippen LogP contribution in [-0.2, 0) is 23.8 Å². The Morgan fingerprint density at radius 3 is 2.17 bits per heavy atom. The predicted octanol–water partition coefficient (Wildman–Crippen LogP) is 3.97. The largest absolute Gasteiger partial charge is 0.460 e. The van der Waals surface area contributed by atoms with Crippen molar-refractivity contribution >= 4 is 11.8 Å². The van der Waals surface area contributed by atoms with Gasteiger partial charge in [0.15, 0.2) is 5.78 Å². The van der Waals surface area contributed by atoms with Crippen LogP contribution in [0.1, 0.15) is 47.5 Å². The molecule has 0 amide bonds. The summed E-state index contributed by atoms with van der Waals surface area (Å²) in [5.74, 6) is 0.191. The van der Waals surface area contributed by atoms with Crippen molar-refractivity contribution in [3.05, 3.63) is 25.3 Å². The number of ketones is 1. The van der Waals surface area contributed by atoms with Crippen LogP contribution in [-0.4, -0.2) is 44.8 Å². The summed E-state index contributed by atoms with van der Waals surface area (Å²) in [7, 11) is 0. The lowest BCUT2D eigenvalue weighted by molar-refractivity contribution is -0.139. The van der Waals surface area contributed by atoms with Gasteiger partial charge < -0.3 is 14.2 Å². The summed E-state index contributed by atoms with van der Waals surface area (Å²) in [5.41, 5.74) is 0. The number of esters is 1. The maximum atomic E-state index is 10.7. The average Bonchev–Trinajstić information content (AvgIpc) is 2.54. The highest BCUT2D eigenvalue weighted by Crippen LogP contribution is 1.94. The topological polar surface area (TPSA) is 61.8 Å². The summed E-state index contributed by atoms with van der Waals surface area (Å²) in [4.78, 5) is 21.2. The molecule has 0 bridgehead atoms. The number of allylic oxidation sites excluding steroid dienone is 1. The lowest BCUT2D eigenvalue weighted by Gasteiger charge is -2.04. The minimum Gasteiger partial charge on any atom is -0.460 e. The molecule has 0 atom stereocenters. The van der Waals surface area contributed by atoms with Crippen LogP contribution in [0.5, 0.6) is 0 Å². The molecule has 0 rings (SSSR count). The Kier molecular flexibility index (Phi) is 24.6. The molecule has 0 aliphatic carbocycles. The summed E-state index contributed by atoms with van der Waals surface area (Å²) in [6.45, 7) is 15.7. The van der Waals surface area contributed by atoms with Gasteiger partial charge in [-0.15, -0.1) is 0 Å². The second-order valence-electron chi connectivity index (χ2n) is 5.23. The molecule has 0 saturated heterocycles. The maximum Gasteiger partial charge on any atom is 0.330 e. The van der Waals surface area contributed by atoms with Crippen molar-refractivity contribution in [2.75, 3.05) is 33.0 Å². The molecular formula is C19H36O5. The second-order valence-corrected chi connectivity index (χ2v) is 5.23. The molecule has 0 aromatic heterocycles. The van der Waals surface area contributed by atoms with Gasteiger partial charge in [0.2, 0.25) is 0 Å². The third-order valence-electron chi connectivity index (χ3n) is 2.45. The molecule has 0 N–H and O–H groups in total. The lowest BCUT2D eigenvalue weighted by atomic mass is 10.2. The number of carbonyl (C=O) groups excluding carboxylic acids is 2. The Balaban J connectivity index is -0.000000354. The molecular weight excluding hydrogens is 308 g/mol. The van der Waals surface area contributed by atoms with Crippen molar-refractivity contribution < 1.29 is 23.8 Å². The van der Waals surface area contributed by atoms with Crippen molar-refractivity contribution in [1.29, 1.82) is 0 Å². The van der Waals surface area contributed by atoms with Crippen LogP contribution in [0.3, 0.4) is 0 Å². The fourth-order valence-corrected chi connectivity index (χ4v) is 1.20. The first-order valence-corrected chi connectivity index (χ1v) is 8.07. The standard InChI is InChI=1S/C9H16O3.C9H16O2.CH4/c1-3-5-6-11-7-8-12-9(10)4-2;1-4-9(10)5-6-11-7-8(2)3;/h4H,2-3,5-8H2,1H3;4,8H,1,5-7H2,2-3H3;1H4. The highest BCUT2D eigenvalue weighted by molar-refractivity contribution is 5.89. The van der Waals surface area contributed by atoms with Crippen molar-refractivity contribution in [2.24, 2.45) is 5.92 Å². The zero-order chi connectivity index (χ0) is 17.9. The van der Waals surface area contributed by atoms with E-state index < -0.39 is 5.97 Å². The molecule has 0 spiro atoms. The number of carbonyl (C=O) groups is 2. The van der Waals surface area contributed by atoms with E-state index in [0.29, 0.717) is 32.2 Å². The van der Waals surface area contributed by atoms with Gasteiger partial charge in [-0.05, 0) is 18.4 Å². The zero-order valence-electron chi connectivity index (χ0n) is 14.8. The van der Waals surface area contributed by atoms with Gasteiger partial charge >= 0.3 is 5.97 Å². The maximum absolute atomic E-state index is 10.7. The molecule has 0 aliphatic rings. The molecule has 24 heavy (non-hydrogen) atoms. The predicted molar refractivity (Wildman–Crippen MR) is 99.1 cm³/mol. The van der Waals surface area contributed by atoms with Crippen LogP contribution in [0.15, 0.2) is 25.3 Å². The van der Waals surface area contributed by atoms with E-state index in [1.807, 2.05) is 0 Å². The van der Waals surface area contributed by atoms with Gasteiger partial charge in [0.1, 0.15) is 6.61 Å². The highest BCUT2D eigenvalue weighted by Gasteiger charge is 1.97. The molecule has 0 aromatic rings. The van der Waals surface area contributed by atoms with E-state index in [1.54, 1.807) is 0 Å². The lowest BCUT2D eigenvalue weighted by Crippen LogP contribution is -2.08. The Morgan fingerprint density at radius 2 is 1.67 bits per heavy atom. The SMILES string of the molecule is C.C=CC(=O)CCOCC(C)C.C=CC(=O)OCCOCCCC. The van der Waals surface area contributed by atoms with Gasteiger partial charge in [0.25, 0.3) is 0 Å². The Hall–Kier alpha value is -1.46. The first-order chi connectivity index (χ1) is 11.0. The van der Waals surface area contributed by atoms with E-state index in [2.05, 4.69) is 38.7 Å². The summed E-state index contributed by atoms with van der Waals surface area (Å²) in [5, 5.41) is 0. The fraction of sp³-hybridized carbons (Fsp3) is 0.684. The summed E-state index contributed by atoms with van der Waals surface area (Å²) in [6.07, 6.45) is 5.10. The van der Waals surface area contributed by atoms with Crippen molar-refractivity contribution in [2.45, 2.75) is 47.5 Å². The Labute approximate surface area is 148 Å². The summed E-state index contributed by atoms with van der Waals surface area (Å²) < 4.78 is 15.0. The summed E-state index contributed by atoms with van der Waals surface area (Å²) >= 11 is 0. The molecule has 0 unspecified atom stereocenters. The number of rotatable bonds is 13. The fourth-order valence-electron chi connectivity index (χ4n) is 1.20. The third-order valence-corrected chi connectivity index (χ3v) is 2.45. The van der Waals surface area contributed by atoms with Crippen molar-refractivity contribution in [3.8, 4) is 0 Å². The highest BCUT2D eigenvalue weighted by atomic mass is 16.6. The van der Waals surface area contributed by atoms with Crippen molar-refractivity contribution in [3.63, 3.8) is 0 Å². The van der Waals surface area contributed by atoms with E-state index in [-0.39, 0.29) is 13.2 Å². The van der Waals surface area contributed by atoms with Gasteiger partial charge in [0.05, 0.1) is 13.2 Å². The smallest absolute Gasteiger partial charge is 0.330 e. The number of hydrogen-bond donors (Lipinski definition) is 0. The third kappa shape index (κ3) is 25.5. The molecule has 0 fully saturated rings. The quantitative estimate of drug-likeness (QED) is 0.287. The minimum atomic E-state index is -0.394. The van der Waals surface area contributed by atoms with Crippen LogP contribution in [0.2, 0.25) is 0 Å². The second kappa shape index (κ2) is 21.5. The van der Waals surface area contributed by atoms with Crippen LogP contribution < -0.4 is 0 Å². The van der Waals surface area contributed by atoms with E-state index in [9.17, 15) is 9.59 Å². The zero-order valence-corrected chi connectivity index (χ0v) is 14.8. The molecule has 0 radical (unpaired) electrons. The van der Waals surface area contributed by atoms with Crippen LogP contribution in [0.25, 0.3) is 0 Å². The molecule has 5 heteroatoms. The molecule has 142 valence electrons. The van der Waals surface area contributed by atoms with E-state index in [1.165, 1.54) is 6.08 Å². The van der Waals surface area contributed by atoms with Gasteiger partial charge in [0, 0.05) is 25.7 Å². The first-order valence-electron chi connectivity index (χ1n) is 8.07. The number of ether oxygens (including phenoxy) is 3. The Bertz CT molecular complexity index is 324. The average molecular weight is 344 g/mol. The van der Waals surface area contributed by atoms with E-state index in [4.69, 9.17) is 9.47 Å². The minimum absolute atomic E-state index is 0.